The molecule has 1 atom stereocenters. The molecule has 1 fully saturated rings. The molecule has 1 aliphatic heterocycles. The van der Waals surface area contributed by atoms with Crippen LogP contribution in [0.5, 0.6) is 0 Å². The van der Waals surface area contributed by atoms with Gasteiger partial charge in [-0.25, -0.2) is 4.79 Å². The number of carbonyl (C=O) groups is 1. The zero-order valence-electron chi connectivity index (χ0n) is 9.26. The molecule has 2 heterocycles. The average Bonchev–Trinajstić information content (AvgIpc) is 2.90. The van der Waals surface area contributed by atoms with Gasteiger partial charge in [-0.2, -0.15) is 0 Å². The second-order valence-electron chi connectivity index (χ2n) is 3.78. The highest BCUT2D eigenvalue weighted by Crippen LogP contribution is 2.14. The van der Waals surface area contributed by atoms with E-state index in [1.54, 1.807) is 17.8 Å². The standard InChI is InChI=1S/C10H15N3O3/c1-2-16-10(14)9-6-13(12-11-9)5-8-3-4-15-7-8/h6,8H,2-5,7H2,1H3. The summed E-state index contributed by atoms with van der Waals surface area (Å²) in [5.74, 6) is 0.0492. The minimum atomic E-state index is -0.420. The summed E-state index contributed by atoms with van der Waals surface area (Å²) in [4.78, 5) is 11.3. The van der Waals surface area contributed by atoms with E-state index < -0.39 is 5.97 Å². The van der Waals surface area contributed by atoms with Crippen LogP contribution in [0.3, 0.4) is 0 Å². The quantitative estimate of drug-likeness (QED) is 0.698. The van der Waals surface area contributed by atoms with E-state index in [1.807, 2.05) is 0 Å². The Labute approximate surface area is 93.5 Å². The summed E-state index contributed by atoms with van der Waals surface area (Å²) in [6, 6.07) is 0. The molecule has 88 valence electrons. The molecule has 1 aliphatic rings. The Balaban J connectivity index is 1.93. The topological polar surface area (TPSA) is 66.2 Å². The van der Waals surface area contributed by atoms with Crippen LogP contribution in [0.1, 0.15) is 23.8 Å². The highest BCUT2D eigenvalue weighted by Gasteiger charge is 2.18. The van der Waals surface area contributed by atoms with E-state index in [4.69, 9.17) is 9.47 Å². The number of ether oxygens (including phenoxy) is 2. The molecular weight excluding hydrogens is 210 g/mol. The fraction of sp³-hybridized carbons (Fsp3) is 0.700. The molecule has 6 heteroatoms. The summed E-state index contributed by atoms with van der Waals surface area (Å²) < 4.78 is 11.8. The Bertz CT molecular complexity index is 358. The Morgan fingerprint density at radius 1 is 1.75 bits per heavy atom. The maximum absolute atomic E-state index is 11.3. The molecule has 0 radical (unpaired) electrons. The Hall–Kier alpha value is -1.43. The van der Waals surface area contributed by atoms with Crippen molar-refractivity contribution >= 4 is 5.97 Å². The van der Waals surface area contributed by atoms with Crippen molar-refractivity contribution in [3.8, 4) is 0 Å². The number of hydrogen-bond donors (Lipinski definition) is 0. The fourth-order valence-electron chi connectivity index (χ4n) is 1.68. The molecule has 1 unspecified atom stereocenters. The van der Waals surface area contributed by atoms with Crippen LogP contribution in [0.4, 0.5) is 0 Å². The van der Waals surface area contributed by atoms with Gasteiger partial charge in [-0.05, 0) is 13.3 Å². The molecule has 0 saturated carbocycles. The molecule has 0 aromatic carbocycles. The van der Waals surface area contributed by atoms with E-state index in [9.17, 15) is 4.79 Å². The van der Waals surface area contributed by atoms with Crippen LogP contribution < -0.4 is 0 Å². The van der Waals surface area contributed by atoms with Crippen LogP contribution >= 0.6 is 0 Å². The first-order valence-electron chi connectivity index (χ1n) is 5.44. The summed E-state index contributed by atoms with van der Waals surface area (Å²) in [7, 11) is 0. The number of rotatable bonds is 4. The predicted octanol–water partition coefficient (Wildman–Crippen LogP) is 0.491. The minimum Gasteiger partial charge on any atom is -0.461 e. The first-order chi connectivity index (χ1) is 7.79. The van der Waals surface area contributed by atoms with Gasteiger partial charge in [0.25, 0.3) is 0 Å². The van der Waals surface area contributed by atoms with Crippen LogP contribution in [0, 0.1) is 5.92 Å². The number of aromatic nitrogens is 3. The molecule has 6 nitrogen and oxygen atoms in total. The van der Waals surface area contributed by atoms with Crippen molar-refractivity contribution in [2.45, 2.75) is 19.9 Å². The SMILES string of the molecule is CCOC(=O)c1cn(CC2CCOC2)nn1. The third kappa shape index (κ3) is 2.57. The van der Waals surface area contributed by atoms with Crippen molar-refractivity contribution in [3.05, 3.63) is 11.9 Å². The molecule has 0 bridgehead atoms. The monoisotopic (exact) mass is 225 g/mol. The van der Waals surface area contributed by atoms with Gasteiger partial charge in [0.2, 0.25) is 0 Å². The summed E-state index contributed by atoms with van der Waals surface area (Å²) >= 11 is 0. The molecule has 0 spiro atoms. The van der Waals surface area contributed by atoms with Crippen molar-refractivity contribution in [1.82, 2.24) is 15.0 Å². The van der Waals surface area contributed by atoms with Gasteiger partial charge in [-0.3, -0.25) is 4.68 Å². The second-order valence-corrected chi connectivity index (χ2v) is 3.78. The predicted molar refractivity (Wildman–Crippen MR) is 54.9 cm³/mol. The summed E-state index contributed by atoms with van der Waals surface area (Å²) in [6.07, 6.45) is 2.66. The van der Waals surface area contributed by atoms with Gasteiger partial charge >= 0.3 is 5.97 Å². The lowest BCUT2D eigenvalue weighted by molar-refractivity contribution is 0.0519. The maximum atomic E-state index is 11.3. The number of hydrogen-bond acceptors (Lipinski definition) is 5. The fourth-order valence-corrected chi connectivity index (χ4v) is 1.68. The van der Waals surface area contributed by atoms with Crippen molar-refractivity contribution in [2.75, 3.05) is 19.8 Å². The van der Waals surface area contributed by atoms with Gasteiger partial charge < -0.3 is 9.47 Å². The van der Waals surface area contributed by atoms with Crippen LogP contribution in [0.25, 0.3) is 0 Å². The molecule has 1 aromatic heterocycles. The Morgan fingerprint density at radius 3 is 3.31 bits per heavy atom. The normalized spacial score (nSPS) is 19.9. The van der Waals surface area contributed by atoms with E-state index in [0.29, 0.717) is 12.5 Å². The average molecular weight is 225 g/mol. The maximum Gasteiger partial charge on any atom is 0.360 e. The molecular formula is C10H15N3O3. The van der Waals surface area contributed by atoms with Gasteiger partial charge in [0.05, 0.1) is 19.4 Å². The molecule has 0 aliphatic carbocycles. The Morgan fingerprint density at radius 2 is 2.62 bits per heavy atom. The van der Waals surface area contributed by atoms with E-state index in [-0.39, 0.29) is 5.69 Å². The number of carbonyl (C=O) groups excluding carboxylic acids is 1. The van der Waals surface area contributed by atoms with Gasteiger partial charge in [-0.15, -0.1) is 5.10 Å². The lowest BCUT2D eigenvalue weighted by Gasteiger charge is -2.05. The van der Waals surface area contributed by atoms with Crippen molar-refractivity contribution < 1.29 is 14.3 Å². The molecule has 1 saturated heterocycles. The summed E-state index contributed by atoms with van der Waals surface area (Å²) in [5, 5.41) is 7.67. The number of nitrogens with zero attached hydrogens (tertiary/aromatic N) is 3. The van der Waals surface area contributed by atoms with Crippen LogP contribution in [-0.4, -0.2) is 40.8 Å². The van der Waals surface area contributed by atoms with E-state index >= 15 is 0 Å². The lowest BCUT2D eigenvalue weighted by Crippen LogP contribution is -2.11. The molecule has 0 amide bonds. The minimum absolute atomic E-state index is 0.265. The Kier molecular flexibility index (Phi) is 3.51. The molecule has 0 N–H and O–H groups in total. The van der Waals surface area contributed by atoms with Gasteiger partial charge in [-0.1, -0.05) is 5.21 Å². The van der Waals surface area contributed by atoms with Crippen LogP contribution in [0.2, 0.25) is 0 Å². The van der Waals surface area contributed by atoms with E-state index in [1.165, 1.54) is 0 Å². The third-order valence-electron chi connectivity index (χ3n) is 2.49. The van der Waals surface area contributed by atoms with Gasteiger partial charge in [0, 0.05) is 19.1 Å². The van der Waals surface area contributed by atoms with Crippen molar-refractivity contribution in [3.63, 3.8) is 0 Å². The first kappa shape index (κ1) is 11.1. The molecule has 1 aromatic rings. The van der Waals surface area contributed by atoms with E-state index in [2.05, 4.69) is 10.3 Å². The summed E-state index contributed by atoms with van der Waals surface area (Å²) in [5.41, 5.74) is 0.265. The van der Waals surface area contributed by atoms with Crippen LogP contribution in [-0.2, 0) is 16.0 Å². The second kappa shape index (κ2) is 5.07. The highest BCUT2D eigenvalue weighted by molar-refractivity contribution is 5.86. The highest BCUT2D eigenvalue weighted by atomic mass is 16.5. The summed E-state index contributed by atoms with van der Waals surface area (Å²) in [6.45, 7) is 4.42. The van der Waals surface area contributed by atoms with Crippen LogP contribution in [0.15, 0.2) is 6.20 Å². The van der Waals surface area contributed by atoms with Crippen molar-refractivity contribution in [2.24, 2.45) is 5.92 Å². The molecule has 16 heavy (non-hydrogen) atoms. The largest absolute Gasteiger partial charge is 0.461 e. The lowest BCUT2D eigenvalue weighted by atomic mass is 10.1. The first-order valence-corrected chi connectivity index (χ1v) is 5.44. The number of esters is 1. The van der Waals surface area contributed by atoms with E-state index in [0.717, 1.165) is 26.2 Å². The molecule has 2 rings (SSSR count). The van der Waals surface area contributed by atoms with Gasteiger partial charge in [0.1, 0.15) is 0 Å². The van der Waals surface area contributed by atoms with Crippen molar-refractivity contribution in [1.29, 1.82) is 0 Å². The smallest absolute Gasteiger partial charge is 0.360 e. The zero-order chi connectivity index (χ0) is 11.4. The zero-order valence-corrected chi connectivity index (χ0v) is 9.26. The van der Waals surface area contributed by atoms with Gasteiger partial charge in [0.15, 0.2) is 5.69 Å². The third-order valence-corrected chi connectivity index (χ3v) is 2.49.